The first-order chi connectivity index (χ1) is 7.34. The lowest BCUT2D eigenvalue weighted by Gasteiger charge is -2.13. The summed E-state index contributed by atoms with van der Waals surface area (Å²) in [6, 6.07) is 2.06. The van der Waals surface area contributed by atoms with E-state index in [0.29, 0.717) is 0 Å². The highest BCUT2D eigenvalue weighted by molar-refractivity contribution is 5.82. The van der Waals surface area contributed by atoms with Gasteiger partial charge in [-0.25, -0.2) is 0 Å². The van der Waals surface area contributed by atoms with Crippen molar-refractivity contribution in [3.63, 3.8) is 0 Å². The summed E-state index contributed by atoms with van der Waals surface area (Å²) >= 11 is 0. The topological polar surface area (TPSA) is 42.2 Å². The molecule has 1 N–H and O–H groups in total. The molecule has 1 aliphatic heterocycles. The number of rotatable bonds is 3. The smallest absolute Gasteiger partial charge is 0.0963 e. The first-order valence-electron chi connectivity index (χ1n) is 5.60. The molecule has 4 heteroatoms. The molecule has 1 aromatic rings. The molecule has 4 nitrogen and oxygen atoms in total. The van der Waals surface area contributed by atoms with Gasteiger partial charge >= 0.3 is 0 Å². The maximum atomic E-state index is 4.45. The van der Waals surface area contributed by atoms with Gasteiger partial charge in [-0.15, -0.1) is 0 Å². The molecule has 0 atom stereocenters. The van der Waals surface area contributed by atoms with Crippen molar-refractivity contribution in [2.75, 3.05) is 13.1 Å². The van der Waals surface area contributed by atoms with Crippen molar-refractivity contribution in [1.29, 1.82) is 0 Å². The zero-order valence-corrected chi connectivity index (χ0v) is 9.24. The average molecular weight is 206 g/mol. The lowest BCUT2D eigenvalue weighted by Crippen LogP contribution is -2.27. The monoisotopic (exact) mass is 206 g/mol. The minimum absolute atomic E-state index is 0.940. The summed E-state index contributed by atoms with van der Waals surface area (Å²) in [5, 5.41) is 7.71. The van der Waals surface area contributed by atoms with Gasteiger partial charge in [0, 0.05) is 39.2 Å². The molecule has 2 heterocycles. The summed E-state index contributed by atoms with van der Waals surface area (Å²) in [7, 11) is 1.95. The number of hydrogen-bond acceptors (Lipinski definition) is 3. The van der Waals surface area contributed by atoms with E-state index < -0.39 is 0 Å². The number of aryl methyl sites for hydroxylation is 1. The van der Waals surface area contributed by atoms with Gasteiger partial charge in [-0.1, -0.05) is 0 Å². The molecule has 82 valence electrons. The quantitative estimate of drug-likeness (QED) is 0.805. The third-order valence-electron chi connectivity index (χ3n) is 2.60. The van der Waals surface area contributed by atoms with Gasteiger partial charge in [-0.3, -0.25) is 9.67 Å². The Balaban J connectivity index is 1.72. The first kappa shape index (κ1) is 10.2. The van der Waals surface area contributed by atoms with E-state index in [9.17, 15) is 0 Å². The van der Waals surface area contributed by atoms with Gasteiger partial charge in [0.15, 0.2) is 0 Å². The van der Waals surface area contributed by atoms with Crippen molar-refractivity contribution < 1.29 is 0 Å². The van der Waals surface area contributed by atoms with Crippen molar-refractivity contribution in [3.05, 3.63) is 18.0 Å². The van der Waals surface area contributed by atoms with Crippen LogP contribution in [0.2, 0.25) is 0 Å². The number of hydrogen-bond donors (Lipinski definition) is 1. The van der Waals surface area contributed by atoms with Crippen molar-refractivity contribution in [1.82, 2.24) is 15.1 Å². The van der Waals surface area contributed by atoms with Crippen LogP contribution in [0.1, 0.15) is 25.0 Å². The Labute approximate surface area is 90.4 Å². The minimum atomic E-state index is 0.940. The van der Waals surface area contributed by atoms with E-state index >= 15 is 0 Å². The molecule has 0 fully saturated rings. The molecule has 0 amide bonds. The maximum Gasteiger partial charge on any atom is 0.0963 e. The molecule has 0 aliphatic carbocycles. The van der Waals surface area contributed by atoms with Crippen molar-refractivity contribution in [2.24, 2.45) is 12.0 Å². The Morgan fingerprint density at radius 3 is 3.07 bits per heavy atom. The van der Waals surface area contributed by atoms with Crippen LogP contribution >= 0.6 is 0 Å². The highest BCUT2D eigenvalue weighted by Gasteiger charge is 2.04. The molecule has 0 bridgehead atoms. The molecule has 0 aromatic carbocycles. The van der Waals surface area contributed by atoms with E-state index in [1.807, 2.05) is 17.9 Å². The van der Waals surface area contributed by atoms with Gasteiger partial charge in [-0.05, 0) is 18.9 Å². The Morgan fingerprint density at radius 2 is 2.40 bits per heavy atom. The van der Waals surface area contributed by atoms with Crippen LogP contribution in [0.25, 0.3) is 0 Å². The fourth-order valence-electron chi connectivity index (χ4n) is 1.77. The molecule has 2 rings (SSSR count). The zero-order valence-electron chi connectivity index (χ0n) is 9.24. The largest absolute Gasteiger partial charge is 0.373 e. The molecule has 0 saturated carbocycles. The molecule has 1 aromatic heterocycles. The van der Waals surface area contributed by atoms with Gasteiger partial charge < -0.3 is 5.32 Å². The van der Waals surface area contributed by atoms with Crippen LogP contribution in [0.15, 0.2) is 17.3 Å². The second-order valence-electron chi connectivity index (χ2n) is 3.94. The highest BCUT2D eigenvalue weighted by Crippen LogP contribution is 2.03. The summed E-state index contributed by atoms with van der Waals surface area (Å²) in [5.74, 6) is 1.18. The Kier molecular flexibility index (Phi) is 3.37. The zero-order chi connectivity index (χ0) is 10.5. The lowest BCUT2D eigenvalue weighted by atomic mass is 10.2. The molecular weight excluding hydrogens is 188 g/mol. The third-order valence-corrected chi connectivity index (χ3v) is 2.60. The minimum Gasteiger partial charge on any atom is -0.373 e. The number of amidine groups is 1. The number of nitrogens with one attached hydrogen (secondary N) is 1. The molecule has 15 heavy (non-hydrogen) atoms. The molecule has 0 saturated heterocycles. The van der Waals surface area contributed by atoms with Crippen molar-refractivity contribution >= 4 is 5.84 Å². The van der Waals surface area contributed by atoms with E-state index in [1.165, 1.54) is 18.7 Å². The van der Waals surface area contributed by atoms with Crippen LogP contribution < -0.4 is 5.32 Å². The van der Waals surface area contributed by atoms with Crippen LogP contribution in [0.3, 0.4) is 0 Å². The van der Waals surface area contributed by atoms with Gasteiger partial charge in [-0.2, -0.15) is 5.10 Å². The summed E-state index contributed by atoms with van der Waals surface area (Å²) in [6.07, 6.45) is 6.58. The predicted molar refractivity (Wildman–Crippen MR) is 61.1 cm³/mol. The fraction of sp³-hybridized carbons (Fsp3) is 0.636. The van der Waals surface area contributed by atoms with Gasteiger partial charge in [0.25, 0.3) is 0 Å². The van der Waals surface area contributed by atoms with E-state index in [4.69, 9.17) is 0 Å². The summed E-state index contributed by atoms with van der Waals surface area (Å²) in [6.45, 7) is 1.93. The van der Waals surface area contributed by atoms with Crippen LogP contribution in [-0.2, 0) is 13.5 Å². The van der Waals surface area contributed by atoms with Crippen LogP contribution in [-0.4, -0.2) is 28.7 Å². The average Bonchev–Trinajstić information content (AvgIpc) is 2.66. The highest BCUT2D eigenvalue weighted by atomic mass is 15.2. The number of aliphatic imine (C=N–C) groups is 1. The first-order valence-corrected chi connectivity index (χ1v) is 5.60. The summed E-state index contributed by atoms with van der Waals surface area (Å²) in [4.78, 5) is 4.45. The van der Waals surface area contributed by atoms with E-state index in [2.05, 4.69) is 21.5 Å². The van der Waals surface area contributed by atoms with Gasteiger partial charge in [0.05, 0.1) is 11.5 Å². The van der Waals surface area contributed by atoms with Crippen molar-refractivity contribution in [2.45, 2.75) is 25.7 Å². The van der Waals surface area contributed by atoms with Gasteiger partial charge in [0.1, 0.15) is 0 Å². The Hall–Kier alpha value is -1.32. The molecule has 1 aliphatic rings. The van der Waals surface area contributed by atoms with E-state index in [-0.39, 0.29) is 0 Å². The molecule has 0 spiro atoms. The van der Waals surface area contributed by atoms with Crippen LogP contribution in [0.5, 0.6) is 0 Å². The van der Waals surface area contributed by atoms with Crippen LogP contribution in [0, 0.1) is 0 Å². The second kappa shape index (κ2) is 4.96. The SMILES string of the molecule is Cn1ccc(CCNC2=NCCCC2)n1. The molecule has 0 unspecified atom stereocenters. The van der Waals surface area contributed by atoms with E-state index in [1.54, 1.807) is 0 Å². The molecule has 0 radical (unpaired) electrons. The Morgan fingerprint density at radius 1 is 1.47 bits per heavy atom. The number of aromatic nitrogens is 2. The molecular formula is C11H18N4. The standard InChI is InChI=1S/C11H18N4/c1-15-9-6-10(14-15)5-8-13-11-4-2-3-7-12-11/h6,9H,2-5,7-8H2,1H3,(H,12,13). The normalized spacial score (nSPS) is 16.2. The maximum absolute atomic E-state index is 4.45. The van der Waals surface area contributed by atoms with E-state index in [0.717, 1.165) is 31.6 Å². The van der Waals surface area contributed by atoms with Crippen LogP contribution in [0.4, 0.5) is 0 Å². The van der Waals surface area contributed by atoms with Crippen molar-refractivity contribution in [3.8, 4) is 0 Å². The predicted octanol–water partition coefficient (Wildman–Crippen LogP) is 1.13. The van der Waals surface area contributed by atoms with Gasteiger partial charge in [0.2, 0.25) is 0 Å². The summed E-state index contributed by atoms with van der Waals surface area (Å²) < 4.78 is 1.84. The second-order valence-corrected chi connectivity index (χ2v) is 3.94. The fourth-order valence-corrected chi connectivity index (χ4v) is 1.77. The third kappa shape index (κ3) is 3.08. The lowest BCUT2D eigenvalue weighted by molar-refractivity contribution is 0.695. The summed E-state index contributed by atoms with van der Waals surface area (Å²) in [5.41, 5.74) is 1.14. The Bertz CT molecular complexity index is 340. The number of nitrogens with zero attached hydrogens (tertiary/aromatic N) is 3.